The van der Waals surface area contributed by atoms with Gasteiger partial charge in [0.2, 0.25) is 5.91 Å². The van der Waals surface area contributed by atoms with Crippen molar-refractivity contribution in [1.29, 1.82) is 0 Å². The largest absolute Gasteiger partial charge is 0.399 e. The molecule has 1 heterocycles. The van der Waals surface area contributed by atoms with Gasteiger partial charge < -0.3 is 11.1 Å². The zero-order valence-corrected chi connectivity index (χ0v) is 10.8. The minimum Gasteiger partial charge on any atom is -0.399 e. The van der Waals surface area contributed by atoms with E-state index in [2.05, 4.69) is 10.4 Å². The Hall–Kier alpha value is -2.70. The number of aromatic nitrogens is 2. The van der Waals surface area contributed by atoms with Crippen molar-refractivity contribution < 1.29 is 9.18 Å². The van der Waals surface area contributed by atoms with Crippen molar-refractivity contribution >= 4 is 17.3 Å². The summed E-state index contributed by atoms with van der Waals surface area (Å²) < 4.78 is 14.5. The van der Waals surface area contributed by atoms with E-state index in [1.54, 1.807) is 13.0 Å². The highest BCUT2D eigenvalue weighted by atomic mass is 19.1. The molecule has 0 unspecified atom stereocenters. The predicted octanol–water partition coefficient (Wildman–Crippen LogP) is 0.912. The van der Waals surface area contributed by atoms with Gasteiger partial charge in [-0.2, -0.15) is 5.10 Å². The monoisotopic (exact) mass is 276 g/mol. The summed E-state index contributed by atoms with van der Waals surface area (Å²) in [6.07, 6.45) is 0. The average molecular weight is 276 g/mol. The fraction of sp³-hybridized carbons (Fsp3) is 0.154. The van der Waals surface area contributed by atoms with Gasteiger partial charge in [-0.25, -0.2) is 9.07 Å². The lowest BCUT2D eigenvalue weighted by Crippen LogP contribution is -2.29. The highest BCUT2D eigenvalue weighted by Gasteiger charge is 2.09. The van der Waals surface area contributed by atoms with E-state index in [4.69, 9.17) is 5.73 Å². The van der Waals surface area contributed by atoms with Gasteiger partial charge in [0.05, 0.1) is 11.4 Å². The van der Waals surface area contributed by atoms with Crippen LogP contribution in [0.3, 0.4) is 0 Å². The Morgan fingerprint density at radius 3 is 2.90 bits per heavy atom. The van der Waals surface area contributed by atoms with Crippen LogP contribution in [0.2, 0.25) is 0 Å². The van der Waals surface area contributed by atoms with E-state index < -0.39 is 17.3 Å². The van der Waals surface area contributed by atoms with E-state index in [9.17, 15) is 14.0 Å². The first-order chi connectivity index (χ1) is 9.45. The van der Waals surface area contributed by atoms with Crippen LogP contribution in [0, 0.1) is 12.7 Å². The summed E-state index contributed by atoms with van der Waals surface area (Å²) in [7, 11) is 0. The number of hydrogen-bond donors (Lipinski definition) is 2. The van der Waals surface area contributed by atoms with Crippen LogP contribution in [0.15, 0.2) is 35.1 Å². The lowest BCUT2D eigenvalue weighted by molar-refractivity contribution is -0.117. The maximum Gasteiger partial charge on any atom is 0.267 e. The van der Waals surface area contributed by atoms with Crippen LogP contribution < -0.4 is 16.6 Å². The number of anilines is 2. The van der Waals surface area contributed by atoms with E-state index in [1.807, 2.05) is 0 Å². The van der Waals surface area contributed by atoms with E-state index in [-0.39, 0.29) is 12.2 Å². The number of benzene rings is 1. The molecule has 6 nitrogen and oxygen atoms in total. The van der Waals surface area contributed by atoms with Crippen molar-refractivity contribution in [1.82, 2.24) is 9.78 Å². The van der Waals surface area contributed by atoms with Crippen molar-refractivity contribution in [3.63, 3.8) is 0 Å². The Morgan fingerprint density at radius 2 is 2.15 bits per heavy atom. The number of carbonyl (C=O) groups excluding carboxylic acids is 1. The number of halogens is 1. The Bertz CT molecular complexity index is 712. The average Bonchev–Trinajstić information content (AvgIpc) is 2.38. The second kappa shape index (κ2) is 5.52. The highest BCUT2D eigenvalue weighted by molar-refractivity contribution is 5.91. The molecule has 0 radical (unpaired) electrons. The number of carbonyl (C=O) groups is 1. The molecule has 1 aromatic carbocycles. The molecular weight excluding hydrogens is 263 g/mol. The molecule has 104 valence electrons. The zero-order chi connectivity index (χ0) is 14.7. The summed E-state index contributed by atoms with van der Waals surface area (Å²) in [5.41, 5.74) is 6.01. The lowest BCUT2D eigenvalue weighted by Gasteiger charge is -2.08. The molecule has 0 spiro atoms. The van der Waals surface area contributed by atoms with Gasteiger partial charge in [-0.3, -0.25) is 9.59 Å². The number of nitrogens with two attached hydrogens (primary N) is 1. The van der Waals surface area contributed by atoms with Gasteiger partial charge in [0.15, 0.2) is 0 Å². The van der Waals surface area contributed by atoms with E-state index in [1.165, 1.54) is 18.2 Å². The van der Waals surface area contributed by atoms with Crippen LogP contribution in [0.25, 0.3) is 0 Å². The molecule has 0 atom stereocenters. The fourth-order valence-electron chi connectivity index (χ4n) is 1.63. The van der Waals surface area contributed by atoms with Crippen LogP contribution in [-0.2, 0) is 11.3 Å². The van der Waals surface area contributed by atoms with Gasteiger partial charge in [0.1, 0.15) is 12.4 Å². The van der Waals surface area contributed by atoms with Crippen LogP contribution >= 0.6 is 0 Å². The number of nitrogens with one attached hydrogen (secondary N) is 1. The lowest BCUT2D eigenvalue weighted by atomic mass is 10.2. The van der Waals surface area contributed by atoms with Crippen molar-refractivity contribution in [2.24, 2.45) is 0 Å². The van der Waals surface area contributed by atoms with E-state index in [0.717, 1.165) is 10.7 Å². The van der Waals surface area contributed by atoms with Crippen molar-refractivity contribution in [2.75, 3.05) is 11.1 Å². The molecule has 0 aliphatic carbocycles. The molecule has 1 aromatic heterocycles. The topological polar surface area (TPSA) is 90.0 Å². The summed E-state index contributed by atoms with van der Waals surface area (Å²) in [6, 6.07) is 6.71. The summed E-state index contributed by atoms with van der Waals surface area (Å²) in [4.78, 5) is 23.3. The fourth-order valence-corrected chi connectivity index (χ4v) is 1.63. The molecule has 2 aromatic rings. The minimum atomic E-state index is -0.600. The number of nitrogen functional groups attached to an aromatic ring is 1. The maximum absolute atomic E-state index is 13.5. The Morgan fingerprint density at radius 1 is 1.40 bits per heavy atom. The SMILES string of the molecule is Cc1ccc(=O)n(CC(=O)Nc2cc(N)ccc2F)n1. The summed E-state index contributed by atoms with van der Waals surface area (Å²) in [5, 5.41) is 6.27. The second-order valence-electron chi connectivity index (χ2n) is 4.26. The molecule has 0 aliphatic rings. The molecule has 20 heavy (non-hydrogen) atoms. The third-order valence-corrected chi connectivity index (χ3v) is 2.56. The van der Waals surface area contributed by atoms with Gasteiger partial charge in [0.25, 0.3) is 5.56 Å². The molecule has 0 aliphatic heterocycles. The van der Waals surface area contributed by atoms with Gasteiger partial charge in [-0.15, -0.1) is 0 Å². The van der Waals surface area contributed by atoms with Gasteiger partial charge in [-0.05, 0) is 31.2 Å². The van der Waals surface area contributed by atoms with Gasteiger partial charge in [-0.1, -0.05) is 0 Å². The summed E-state index contributed by atoms with van der Waals surface area (Å²) in [5.74, 6) is -1.16. The Labute approximate surface area is 114 Å². The first-order valence-corrected chi connectivity index (χ1v) is 5.85. The Kier molecular flexibility index (Phi) is 3.79. The minimum absolute atomic E-state index is 0.0318. The summed E-state index contributed by atoms with van der Waals surface area (Å²) in [6.45, 7) is 1.40. The Balaban J connectivity index is 2.15. The normalized spacial score (nSPS) is 10.3. The number of hydrogen-bond acceptors (Lipinski definition) is 4. The van der Waals surface area contributed by atoms with Crippen LogP contribution in [0.4, 0.5) is 15.8 Å². The van der Waals surface area contributed by atoms with Gasteiger partial charge >= 0.3 is 0 Å². The third kappa shape index (κ3) is 3.19. The van der Waals surface area contributed by atoms with Crippen molar-refractivity contribution in [2.45, 2.75) is 13.5 Å². The van der Waals surface area contributed by atoms with Crippen molar-refractivity contribution in [3.8, 4) is 0 Å². The van der Waals surface area contributed by atoms with Crippen LogP contribution in [0.1, 0.15) is 5.69 Å². The molecule has 0 saturated carbocycles. The standard InChI is InChI=1S/C13H13FN4O2/c1-8-2-5-13(20)18(17-8)7-12(19)16-11-6-9(15)3-4-10(11)14/h2-6H,7,15H2,1H3,(H,16,19). The second-order valence-corrected chi connectivity index (χ2v) is 4.26. The molecule has 7 heteroatoms. The smallest absolute Gasteiger partial charge is 0.267 e. The molecule has 2 rings (SSSR count). The molecule has 3 N–H and O–H groups in total. The predicted molar refractivity (Wildman–Crippen MR) is 72.7 cm³/mol. The number of amides is 1. The molecular formula is C13H13FN4O2. The molecule has 0 saturated heterocycles. The first kappa shape index (κ1) is 13.7. The zero-order valence-electron chi connectivity index (χ0n) is 10.8. The number of rotatable bonds is 3. The quantitative estimate of drug-likeness (QED) is 0.815. The van der Waals surface area contributed by atoms with Crippen molar-refractivity contribution in [3.05, 3.63) is 52.2 Å². The number of nitrogens with zero attached hydrogens (tertiary/aromatic N) is 2. The maximum atomic E-state index is 13.5. The van der Waals surface area contributed by atoms with E-state index >= 15 is 0 Å². The molecule has 0 fully saturated rings. The summed E-state index contributed by atoms with van der Waals surface area (Å²) >= 11 is 0. The highest BCUT2D eigenvalue weighted by Crippen LogP contribution is 2.17. The first-order valence-electron chi connectivity index (χ1n) is 5.85. The van der Waals surface area contributed by atoms with Crippen LogP contribution in [-0.4, -0.2) is 15.7 Å². The van der Waals surface area contributed by atoms with Crippen LogP contribution in [0.5, 0.6) is 0 Å². The molecule has 1 amide bonds. The number of aryl methyl sites for hydroxylation is 1. The van der Waals surface area contributed by atoms with Gasteiger partial charge in [0, 0.05) is 11.8 Å². The third-order valence-electron chi connectivity index (χ3n) is 2.56. The molecule has 0 bridgehead atoms. The van der Waals surface area contributed by atoms with E-state index in [0.29, 0.717) is 11.4 Å².